The maximum Gasteiger partial charge on any atom is 0.152 e. The maximum atomic E-state index is 11.8. The average Bonchev–Trinajstić information content (AvgIpc) is 2.21. The van der Waals surface area contributed by atoms with Crippen molar-refractivity contribution in [2.75, 3.05) is 30.6 Å². The largest absolute Gasteiger partial charge is 0.316 e. The fraction of sp³-hybridized carbons (Fsp3) is 1.00. The fourth-order valence-electron chi connectivity index (χ4n) is 1.45. The molecule has 7 heteroatoms. The zero-order valence-electron chi connectivity index (χ0n) is 10.9. The topological polar surface area (TPSA) is 80.3 Å². The molecule has 0 radical (unpaired) electrons. The second-order valence-electron chi connectivity index (χ2n) is 4.52. The second kappa shape index (κ2) is 6.70. The monoisotopic (exact) mass is 285 g/mol. The summed E-state index contributed by atoms with van der Waals surface area (Å²) in [6.45, 7) is 3.98. The highest BCUT2D eigenvalue weighted by molar-refractivity contribution is 7.94. The summed E-state index contributed by atoms with van der Waals surface area (Å²) in [4.78, 5) is 0. The number of nitrogens with one attached hydrogen (secondary N) is 1. The van der Waals surface area contributed by atoms with Gasteiger partial charge in [-0.05, 0) is 13.0 Å². The van der Waals surface area contributed by atoms with E-state index in [1.165, 1.54) is 0 Å². The van der Waals surface area contributed by atoms with E-state index in [1.807, 2.05) is 13.8 Å². The summed E-state index contributed by atoms with van der Waals surface area (Å²) in [5, 5.41) is 2.98. The van der Waals surface area contributed by atoms with Crippen LogP contribution in [-0.2, 0) is 19.7 Å². The van der Waals surface area contributed by atoms with Crippen LogP contribution in [0.25, 0.3) is 0 Å². The molecule has 0 bridgehead atoms. The highest BCUT2D eigenvalue weighted by Gasteiger charge is 2.23. The average molecular weight is 285 g/mol. The Balaban J connectivity index is 4.53. The summed E-state index contributed by atoms with van der Waals surface area (Å²) in [6.07, 6.45) is 1.93. The Morgan fingerprint density at radius 3 is 2.00 bits per heavy atom. The zero-order valence-corrected chi connectivity index (χ0v) is 12.6. The Labute approximate surface area is 105 Å². The Bertz CT molecular complexity index is 414. The van der Waals surface area contributed by atoms with E-state index >= 15 is 0 Å². The lowest BCUT2D eigenvalue weighted by molar-refractivity contribution is 0.414. The molecular weight excluding hydrogens is 262 g/mol. The highest BCUT2D eigenvalue weighted by Crippen LogP contribution is 2.10. The Morgan fingerprint density at radius 1 is 1.12 bits per heavy atom. The van der Waals surface area contributed by atoms with Gasteiger partial charge >= 0.3 is 0 Å². The van der Waals surface area contributed by atoms with E-state index in [0.29, 0.717) is 0 Å². The van der Waals surface area contributed by atoms with Crippen molar-refractivity contribution in [1.29, 1.82) is 0 Å². The molecule has 0 aromatic rings. The van der Waals surface area contributed by atoms with E-state index in [2.05, 4.69) is 5.32 Å². The predicted octanol–water partition coefficient (Wildman–Crippen LogP) is 0.0799. The lowest BCUT2D eigenvalue weighted by Gasteiger charge is -2.22. The van der Waals surface area contributed by atoms with Crippen LogP contribution in [0.2, 0.25) is 0 Å². The summed E-state index contributed by atoms with van der Waals surface area (Å²) in [5.41, 5.74) is 0. The second-order valence-corrected chi connectivity index (χ2v) is 9.01. The van der Waals surface area contributed by atoms with Crippen LogP contribution in [0.4, 0.5) is 0 Å². The third-order valence-corrected chi connectivity index (χ3v) is 5.80. The van der Waals surface area contributed by atoms with Crippen molar-refractivity contribution in [3.8, 4) is 0 Å². The molecule has 0 aliphatic heterocycles. The first-order chi connectivity index (χ1) is 7.61. The molecule has 2 atom stereocenters. The molecule has 0 aliphatic carbocycles. The van der Waals surface area contributed by atoms with Crippen LogP contribution in [0.1, 0.15) is 20.3 Å². The van der Waals surface area contributed by atoms with Gasteiger partial charge in [0.25, 0.3) is 0 Å². The summed E-state index contributed by atoms with van der Waals surface area (Å²) in [5.74, 6) is -0.353. The van der Waals surface area contributed by atoms with Gasteiger partial charge in [0.1, 0.15) is 9.84 Å². The van der Waals surface area contributed by atoms with Crippen molar-refractivity contribution in [3.63, 3.8) is 0 Å². The number of hydrogen-bond acceptors (Lipinski definition) is 5. The number of sulfone groups is 2. The third kappa shape index (κ3) is 7.72. The molecule has 0 aromatic heterocycles. The third-order valence-electron chi connectivity index (χ3n) is 2.90. The normalized spacial score (nSPS) is 16.7. The minimum Gasteiger partial charge on any atom is -0.316 e. The minimum atomic E-state index is -3.32. The Hall–Kier alpha value is -0.140. The van der Waals surface area contributed by atoms with Gasteiger partial charge in [-0.1, -0.05) is 20.3 Å². The fourth-order valence-corrected chi connectivity index (χ4v) is 4.89. The quantitative estimate of drug-likeness (QED) is 0.683. The van der Waals surface area contributed by atoms with Crippen LogP contribution >= 0.6 is 0 Å². The number of rotatable bonds is 8. The first-order valence-corrected chi connectivity index (χ1v) is 9.55. The van der Waals surface area contributed by atoms with E-state index in [-0.39, 0.29) is 29.2 Å². The van der Waals surface area contributed by atoms with Gasteiger partial charge in [-0.25, -0.2) is 16.8 Å². The van der Waals surface area contributed by atoms with Gasteiger partial charge in [-0.3, -0.25) is 0 Å². The molecule has 0 rings (SSSR count). The smallest absolute Gasteiger partial charge is 0.152 e. The molecular formula is C10H23NO4S2. The zero-order chi connectivity index (χ0) is 13.7. The molecule has 0 heterocycles. The van der Waals surface area contributed by atoms with Crippen molar-refractivity contribution in [2.24, 2.45) is 5.92 Å². The molecule has 1 N–H and O–H groups in total. The molecule has 0 saturated carbocycles. The summed E-state index contributed by atoms with van der Waals surface area (Å²) in [6, 6.07) is -0.121. The number of hydrogen-bond donors (Lipinski definition) is 1. The van der Waals surface area contributed by atoms with Crippen LogP contribution in [0.5, 0.6) is 0 Å². The minimum absolute atomic E-state index is 0.00593. The van der Waals surface area contributed by atoms with Crippen LogP contribution in [0.3, 0.4) is 0 Å². The summed E-state index contributed by atoms with van der Waals surface area (Å²) < 4.78 is 45.4. The molecule has 17 heavy (non-hydrogen) atoms. The molecule has 0 amide bonds. The maximum absolute atomic E-state index is 11.8. The molecule has 0 spiro atoms. The van der Waals surface area contributed by atoms with Crippen LogP contribution < -0.4 is 5.32 Å². The first kappa shape index (κ1) is 16.9. The first-order valence-electron chi connectivity index (χ1n) is 5.66. The Kier molecular flexibility index (Phi) is 6.65. The van der Waals surface area contributed by atoms with Gasteiger partial charge in [0, 0.05) is 12.3 Å². The van der Waals surface area contributed by atoms with Crippen molar-refractivity contribution in [3.05, 3.63) is 0 Å². The van der Waals surface area contributed by atoms with E-state index in [1.54, 1.807) is 7.05 Å². The summed E-state index contributed by atoms with van der Waals surface area (Å²) >= 11 is 0. The standard InChI is InChI=1S/C10H23NO4S2/c1-5-9(2)10(11-3)8-17(14,15)7-6-16(4,12)13/h9-11H,5-8H2,1-4H3. The van der Waals surface area contributed by atoms with Crippen molar-refractivity contribution in [2.45, 2.75) is 26.3 Å². The van der Waals surface area contributed by atoms with Crippen molar-refractivity contribution in [1.82, 2.24) is 5.32 Å². The van der Waals surface area contributed by atoms with Gasteiger partial charge in [-0.2, -0.15) is 0 Å². The van der Waals surface area contributed by atoms with Crippen LogP contribution in [0, 0.1) is 5.92 Å². The molecule has 0 saturated heterocycles. The molecule has 5 nitrogen and oxygen atoms in total. The van der Waals surface area contributed by atoms with E-state index in [9.17, 15) is 16.8 Å². The van der Waals surface area contributed by atoms with E-state index in [0.717, 1.165) is 12.7 Å². The van der Waals surface area contributed by atoms with Crippen LogP contribution in [0.15, 0.2) is 0 Å². The Morgan fingerprint density at radius 2 is 1.65 bits per heavy atom. The molecule has 0 fully saturated rings. The van der Waals surface area contributed by atoms with E-state index < -0.39 is 19.7 Å². The van der Waals surface area contributed by atoms with Crippen molar-refractivity contribution < 1.29 is 16.8 Å². The van der Waals surface area contributed by atoms with Gasteiger partial charge in [0.05, 0.1) is 17.3 Å². The van der Waals surface area contributed by atoms with Gasteiger partial charge in [-0.15, -0.1) is 0 Å². The van der Waals surface area contributed by atoms with Gasteiger partial charge in [0.2, 0.25) is 0 Å². The lowest BCUT2D eigenvalue weighted by Crippen LogP contribution is -2.39. The van der Waals surface area contributed by atoms with Crippen molar-refractivity contribution >= 4 is 19.7 Å². The molecule has 2 unspecified atom stereocenters. The summed E-state index contributed by atoms with van der Waals surface area (Å²) in [7, 11) is -4.82. The van der Waals surface area contributed by atoms with Gasteiger partial charge < -0.3 is 5.32 Å². The SMILES string of the molecule is CCC(C)C(CS(=O)(=O)CCS(C)(=O)=O)NC. The highest BCUT2D eigenvalue weighted by atomic mass is 32.2. The van der Waals surface area contributed by atoms with Gasteiger partial charge in [0.15, 0.2) is 9.84 Å². The lowest BCUT2D eigenvalue weighted by atomic mass is 10.0. The van der Waals surface area contributed by atoms with Crippen LogP contribution in [-0.4, -0.2) is 53.4 Å². The molecule has 104 valence electrons. The predicted molar refractivity (Wildman–Crippen MR) is 70.7 cm³/mol. The van der Waals surface area contributed by atoms with E-state index in [4.69, 9.17) is 0 Å². The molecule has 0 aliphatic rings. The molecule has 0 aromatic carbocycles.